The molecule has 2 fully saturated rings. The number of carbonyl (C=O) groups excluding carboxylic acids is 1. The Hall–Kier alpha value is -2.87. The third-order valence-electron chi connectivity index (χ3n) is 5.92. The number of rotatable bonds is 7. The van der Waals surface area contributed by atoms with E-state index < -0.39 is 0 Å². The quantitative estimate of drug-likeness (QED) is 0.674. The number of anilines is 1. The molecule has 2 aliphatic heterocycles. The van der Waals surface area contributed by atoms with Crippen LogP contribution in [0.5, 0.6) is 11.6 Å². The van der Waals surface area contributed by atoms with Crippen LogP contribution in [-0.4, -0.2) is 66.3 Å². The molecular formula is C23H30N4O4. The summed E-state index contributed by atoms with van der Waals surface area (Å²) in [5.41, 5.74) is 1.11. The van der Waals surface area contributed by atoms with Gasteiger partial charge in [0.25, 0.3) is 5.88 Å². The molecule has 0 N–H and O–H groups in total. The lowest BCUT2D eigenvalue weighted by atomic mass is 10.0. The molecule has 0 radical (unpaired) electrons. The molecule has 8 nitrogen and oxygen atoms in total. The van der Waals surface area contributed by atoms with Gasteiger partial charge in [-0.15, -0.1) is 0 Å². The van der Waals surface area contributed by atoms with Crippen molar-refractivity contribution in [3.05, 3.63) is 42.2 Å². The molecule has 0 aromatic carbocycles. The van der Waals surface area contributed by atoms with Crippen molar-refractivity contribution in [2.75, 3.05) is 38.3 Å². The predicted octanol–water partition coefficient (Wildman–Crippen LogP) is 2.67. The third kappa shape index (κ3) is 5.25. The highest BCUT2D eigenvalue weighted by Gasteiger charge is 2.28. The first-order valence-electron chi connectivity index (χ1n) is 10.8. The van der Waals surface area contributed by atoms with Crippen LogP contribution in [0.2, 0.25) is 0 Å². The van der Waals surface area contributed by atoms with Crippen LogP contribution >= 0.6 is 0 Å². The highest BCUT2D eigenvalue weighted by Crippen LogP contribution is 2.32. The molecule has 2 aliphatic rings. The molecule has 1 atom stereocenters. The number of methoxy groups -OCH3 is 1. The van der Waals surface area contributed by atoms with Gasteiger partial charge in [0.2, 0.25) is 5.91 Å². The average molecular weight is 427 g/mol. The molecule has 4 heterocycles. The Balaban J connectivity index is 1.60. The summed E-state index contributed by atoms with van der Waals surface area (Å²) in [6.45, 7) is 5.09. The standard InChI is InChI=1S/C23H30N4O4/c1-17(28)26-11-7-19(8-12-26)27(15-18-4-3-10-24-14-18)22-6-5-21(29-2)23(25-22)31-20-9-13-30-16-20/h3-6,10,14,19-20H,7-9,11-13,15-16H2,1-2H3/t20-/m1/s1. The summed E-state index contributed by atoms with van der Waals surface area (Å²) in [5, 5.41) is 0. The molecule has 0 spiro atoms. The minimum absolute atomic E-state index is 0.0118. The van der Waals surface area contributed by atoms with Gasteiger partial charge in [-0.3, -0.25) is 9.78 Å². The fourth-order valence-corrected chi connectivity index (χ4v) is 4.16. The molecular weight excluding hydrogens is 396 g/mol. The molecule has 0 aliphatic carbocycles. The number of amides is 1. The molecule has 8 heteroatoms. The van der Waals surface area contributed by atoms with Gasteiger partial charge in [0.05, 0.1) is 20.3 Å². The molecule has 0 bridgehead atoms. The van der Waals surface area contributed by atoms with E-state index in [0.717, 1.165) is 43.7 Å². The van der Waals surface area contributed by atoms with Crippen LogP contribution in [0.25, 0.3) is 0 Å². The first kappa shape index (κ1) is 21.4. The number of piperidine rings is 1. The monoisotopic (exact) mass is 426 g/mol. The van der Waals surface area contributed by atoms with Crippen molar-refractivity contribution in [3.63, 3.8) is 0 Å². The van der Waals surface area contributed by atoms with Crippen molar-refractivity contribution < 1.29 is 19.0 Å². The summed E-state index contributed by atoms with van der Waals surface area (Å²) in [4.78, 5) is 25.1. The Morgan fingerprint density at radius 3 is 2.74 bits per heavy atom. The summed E-state index contributed by atoms with van der Waals surface area (Å²) in [6.07, 6.45) is 6.27. The SMILES string of the molecule is COc1ccc(N(Cc2cccnc2)C2CCN(C(C)=O)CC2)nc1O[C@@H]1CCOC1. The van der Waals surface area contributed by atoms with E-state index in [4.69, 9.17) is 19.2 Å². The summed E-state index contributed by atoms with van der Waals surface area (Å²) in [6, 6.07) is 8.17. The van der Waals surface area contributed by atoms with Crippen LogP contribution in [0.1, 0.15) is 31.7 Å². The third-order valence-corrected chi connectivity index (χ3v) is 5.92. The fraction of sp³-hybridized carbons (Fsp3) is 0.522. The molecule has 4 rings (SSSR count). The fourth-order valence-electron chi connectivity index (χ4n) is 4.16. The Morgan fingerprint density at radius 2 is 2.10 bits per heavy atom. The lowest BCUT2D eigenvalue weighted by Crippen LogP contribution is -2.46. The van der Waals surface area contributed by atoms with Crippen LogP contribution in [-0.2, 0) is 16.1 Å². The molecule has 0 saturated carbocycles. The zero-order valence-electron chi connectivity index (χ0n) is 18.2. The van der Waals surface area contributed by atoms with Crippen molar-refractivity contribution in [2.45, 2.75) is 44.9 Å². The smallest absolute Gasteiger partial charge is 0.259 e. The van der Waals surface area contributed by atoms with E-state index in [1.807, 2.05) is 29.3 Å². The van der Waals surface area contributed by atoms with E-state index in [1.165, 1.54) is 0 Å². The number of likely N-dealkylation sites (tertiary alicyclic amines) is 1. The van der Waals surface area contributed by atoms with Gasteiger partial charge in [-0.25, -0.2) is 0 Å². The van der Waals surface area contributed by atoms with E-state index in [0.29, 0.717) is 31.4 Å². The summed E-state index contributed by atoms with van der Waals surface area (Å²) in [7, 11) is 1.62. The maximum atomic E-state index is 11.8. The Labute approximate surface area is 183 Å². The van der Waals surface area contributed by atoms with Crippen LogP contribution < -0.4 is 14.4 Å². The summed E-state index contributed by atoms with van der Waals surface area (Å²) >= 11 is 0. The van der Waals surface area contributed by atoms with Crippen LogP contribution in [0.4, 0.5) is 5.82 Å². The normalized spacial score (nSPS) is 19.3. The molecule has 31 heavy (non-hydrogen) atoms. The van der Waals surface area contributed by atoms with Gasteiger partial charge in [0.1, 0.15) is 11.9 Å². The maximum absolute atomic E-state index is 11.8. The Bertz CT molecular complexity index is 865. The van der Waals surface area contributed by atoms with Gasteiger partial charge in [0, 0.05) is 51.4 Å². The molecule has 166 valence electrons. The van der Waals surface area contributed by atoms with E-state index in [2.05, 4.69) is 16.0 Å². The van der Waals surface area contributed by atoms with Crippen LogP contribution in [0.15, 0.2) is 36.7 Å². The van der Waals surface area contributed by atoms with E-state index in [1.54, 1.807) is 20.2 Å². The minimum atomic E-state index is -0.0118. The number of carbonyl (C=O) groups is 1. The molecule has 1 amide bonds. The highest BCUT2D eigenvalue weighted by molar-refractivity contribution is 5.73. The van der Waals surface area contributed by atoms with Gasteiger partial charge in [-0.2, -0.15) is 4.98 Å². The number of aromatic nitrogens is 2. The zero-order valence-corrected chi connectivity index (χ0v) is 18.2. The predicted molar refractivity (Wildman–Crippen MR) is 116 cm³/mol. The second kappa shape index (κ2) is 9.96. The number of hydrogen-bond acceptors (Lipinski definition) is 7. The van der Waals surface area contributed by atoms with Gasteiger partial charge in [-0.1, -0.05) is 6.07 Å². The minimum Gasteiger partial charge on any atom is -0.491 e. The van der Waals surface area contributed by atoms with Gasteiger partial charge >= 0.3 is 0 Å². The topological polar surface area (TPSA) is 77.0 Å². The number of pyridine rings is 2. The van der Waals surface area contributed by atoms with Crippen LogP contribution in [0, 0.1) is 0 Å². The molecule has 0 unspecified atom stereocenters. The van der Waals surface area contributed by atoms with E-state index in [9.17, 15) is 4.79 Å². The highest BCUT2D eigenvalue weighted by atomic mass is 16.6. The second-order valence-electron chi connectivity index (χ2n) is 8.01. The summed E-state index contributed by atoms with van der Waals surface area (Å²) in [5.74, 6) is 2.07. The van der Waals surface area contributed by atoms with E-state index in [-0.39, 0.29) is 18.1 Å². The Morgan fingerprint density at radius 1 is 1.26 bits per heavy atom. The van der Waals surface area contributed by atoms with E-state index >= 15 is 0 Å². The van der Waals surface area contributed by atoms with Crippen molar-refractivity contribution in [1.82, 2.24) is 14.9 Å². The first-order chi connectivity index (χ1) is 15.1. The van der Waals surface area contributed by atoms with Crippen molar-refractivity contribution in [3.8, 4) is 11.6 Å². The van der Waals surface area contributed by atoms with Gasteiger partial charge in [-0.05, 0) is 36.6 Å². The van der Waals surface area contributed by atoms with Crippen molar-refractivity contribution in [1.29, 1.82) is 0 Å². The second-order valence-corrected chi connectivity index (χ2v) is 8.01. The molecule has 2 aromatic rings. The van der Waals surface area contributed by atoms with Gasteiger partial charge < -0.3 is 24.0 Å². The lowest BCUT2D eigenvalue weighted by molar-refractivity contribution is -0.129. The Kier molecular flexibility index (Phi) is 6.86. The number of hydrogen-bond donors (Lipinski definition) is 0. The van der Waals surface area contributed by atoms with Crippen molar-refractivity contribution >= 4 is 11.7 Å². The molecule has 2 saturated heterocycles. The summed E-state index contributed by atoms with van der Waals surface area (Å²) < 4.78 is 17.1. The van der Waals surface area contributed by atoms with Crippen molar-refractivity contribution in [2.24, 2.45) is 0 Å². The maximum Gasteiger partial charge on any atom is 0.259 e. The number of nitrogens with zero attached hydrogens (tertiary/aromatic N) is 4. The number of ether oxygens (including phenoxy) is 3. The average Bonchev–Trinajstić information content (AvgIpc) is 3.31. The zero-order chi connectivity index (χ0) is 21.6. The first-order valence-corrected chi connectivity index (χ1v) is 10.8. The van der Waals surface area contributed by atoms with Crippen LogP contribution in [0.3, 0.4) is 0 Å². The lowest BCUT2D eigenvalue weighted by Gasteiger charge is -2.39. The largest absolute Gasteiger partial charge is 0.491 e. The van der Waals surface area contributed by atoms with Gasteiger partial charge in [0.15, 0.2) is 5.75 Å². The molecule has 2 aromatic heterocycles.